The number of fused-ring (bicyclic) bond motifs is 1. The van der Waals surface area contributed by atoms with Gasteiger partial charge in [-0.15, -0.1) is 11.8 Å². The monoisotopic (exact) mass is 489 g/mol. The van der Waals surface area contributed by atoms with Gasteiger partial charge in [0.05, 0.1) is 36.5 Å². The van der Waals surface area contributed by atoms with Gasteiger partial charge in [-0.2, -0.15) is 13.2 Å². The molecule has 1 aromatic carbocycles. The molecule has 0 spiro atoms. The summed E-state index contributed by atoms with van der Waals surface area (Å²) in [7, 11) is -3.72. The number of thioether (sulfide) groups is 1. The first-order valence-corrected chi connectivity index (χ1v) is 12.3. The topological polar surface area (TPSA) is 94.2 Å². The van der Waals surface area contributed by atoms with E-state index in [1.54, 1.807) is 43.5 Å². The Morgan fingerprint density at radius 1 is 1.09 bits per heavy atom. The molecule has 12 heteroatoms. The number of para-hydroxylation sites is 2. The van der Waals surface area contributed by atoms with Gasteiger partial charge in [-0.25, -0.2) is 13.4 Å². The van der Waals surface area contributed by atoms with Crippen LogP contribution in [0, 0.1) is 6.92 Å². The highest BCUT2D eigenvalue weighted by atomic mass is 32.2. The van der Waals surface area contributed by atoms with Gasteiger partial charge in [0, 0.05) is 16.8 Å². The van der Waals surface area contributed by atoms with Crippen LogP contribution in [0.2, 0.25) is 0 Å². The van der Waals surface area contributed by atoms with E-state index in [2.05, 4.69) is 19.7 Å². The van der Waals surface area contributed by atoms with E-state index in [-0.39, 0.29) is 24.1 Å². The lowest BCUT2D eigenvalue weighted by Crippen LogP contribution is -2.19. The summed E-state index contributed by atoms with van der Waals surface area (Å²) in [6.07, 6.45) is -2.80. The second-order valence-electron chi connectivity index (χ2n) is 6.83. The van der Waals surface area contributed by atoms with Gasteiger partial charge < -0.3 is 14.5 Å². The minimum absolute atomic E-state index is 0.0625. The fraction of sp³-hybridized carbons (Fsp3) is 0.400. The summed E-state index contributed by atoms with van der Waals surface area (Å²) in [5.41, 5.74) is 2.38. The van der Waals surface area contributed by atoms with Crippen LogP contribution < -0.4 is 0 Å². The standard InChI is InChI=1S/C20H22F3N3O4S2/c1-14-17(12-32(27,28)19-25-15-4-2-3-5-16(15)26-19)24-7-6-18(14)31-11-10-29-8-9-30-13-20(21,22)23/h2-7H,8-13H2,1H3,(H,25,26). The predicted molar refractivity (Wildman–Crippen MR) is 114 cm³/mol. The number of aromatic nitrogens is 3. The fourth-order valence-corrected chi connectivity index (χ4v) is 5.01. The number of alkyl halides is 3. The molecule has 0 aliphatic heterocycles. The van der Waals surface area contributed by atoms with E-state index in [0.717, 1.165) is 10.5 Å². The zero-order valence-electron chi connectivity index (χ0n) is 17.2. The first-order valence-electron chi connectivity index (χ1n) is 9.63. The first-order chi connectivity index (χ1) is 15.2. The summed E-state index contributed by atoms with van der Waals surface area (Å²) in [4.78, 5) is 12.1. The van der Waals surface area contributed by atoms with Crippen molar-refractivity contribution >= 4 is 32.6 Å². The molecule has 0 fully saturated rings. The molecule has 0 unspecified atom stereocenters. The summed E-state index contributed by atoms with van der Waals surface area (Å²) in [5, 5.41) is -0.0981. The molecular formula is C20H22F3N3O4S2. The maximum absolute atomic E-state index is 12.8. The van der Waals surface area contributed by atoms with Crippen LogP contribution in [-0.2, 0) is 25.1 Å². The van der Waals surface area contributed by atoms with Crippen LogP contribution in [0.1, 0.15) is 11.3 Å². The van der Waals surface area contributed by atoms with Gasteiger partial charge in [-0.3, -0.25) is 4.98 Å². The highest BCUT2D eigenvalue weighted by Crippen LogP contribution is 2.26. The molecule has 3 rings (SSSR count). The SMILES string of the molecule is Cc1c(SCCOCCOCC(F)(F)F)ccnc1CS(=O)(=O)c1nc2ccccc2[nH]1. The van der Waals surface area contributed by atoms with E-state index in [1.165, 1.54) is 11.8 Å². The van der Waals surface area contributed by atoms with Gasteiger partial charge in [0.2, 0.25) is 15.0 Å². The third kappa shape index (κ3) is 6.92. The number of imidazole rings is 1. The van der Waals surface area contributed by atoms with Gasteiger partial charge in [-0.1, -0.05) is 12.1 Å². The number of nitrogens with zero attached hydrogens (tertiary/aromatic N) is 2. The van der Waals surface area contributed by atoms with Crippen molar-refractivity contribution in [2.45, 2.75) is 28.9 Å². The molecule has 0 aliphatic rings. The Morgan fingerprint density at radius 3 is 2.59 bits per heavy atom. The van der Waals surface area contributed by atoms with Gasteiger partial charge >= 0.3 is 6.18 Å². The van der Waals surface area contributed by atoms with Crippen LogP contribution in [-0.4, -0.2) is 61.7 Å². The zero-order chi connectivity index (χ0) is 23.2. The van der Waals surface area contributed by atoms with Crippen molar-refractivity contribution in [3.63, 3.8) is 0 Å². The van der Waals surface area contributed by atoms with Crippen LogP contribution in [0.25, 0.3) is 11.0 Å². The maximum Gasteiger partial charge on any atom is 0.411 e. The van der Waals surface area contributed by atoms with E-state index in [1.807, 2.05) is 0 Å². The molecule has 2 heterocycles. The maximum atomic E-state index is 12.8. The number of aromatic amines is 1. The Hall–Kier alpha value is -2.15. The van der Waals surface area contributed by atoms with E-state index >= 15 is 0 Å². The summed E-state index contributed by atoms with van der Waals surface area (Å²) < 4.78 is 71.3. The second-order valence-corrected chi connectivity index (χ2v) is 9.87. The van der Waals surface area contributed by atoms with Gasteiger partial charge in [0.15, 0.2) is 0 Å². The van der Waals surface area contributed by atoms with Crippen LogP contribution in [0.4, 0.5) is 13.2 Å². The lowest BCUT2D eigenvalue weighted by atomic mass is 10.2. The normalized spacial score (nSPS) is 12.5. The quantitative estimate of drug-likeness (QED) is 0.322. The average Bonchev–Trinajstić information content (AvgIpc) is 3.17. The highest BCUT2D eigenvalue weighted by molar-refractivity contribution is 7.99. The molecule has 0 radical (unpaired) electrons. The molecule has 0 atom stereocenters. The molecule has 174 valence electrons. The number of halogens is 3. The first kappa shape index (κ1) is 24.5. The van der Waals surface area contributed by atoms with Crippen molar-refractivity contribution < 1.29 is 31.1 Å². The van der Waals surface area contributed by atoms with E-state index in [4.69, 9.17) is 4.74 Å². The molecular weight excluding hydrogens is 467 g/mol. The smallest absolute Gasteiger partial charge is 0.378 e. The number of nitrogens with one attached hydrogen (secondary N) is 1. The Bertz CT molecular complexity index is 1120. The van der Waals surface area contributed by atoms with Crippen molar-refractivity contribution in [1.29, 1.82) is 0 Å². The summed E-state index contributed by atoms with van der Waals surface area (Å²) in [6.45, 7) is 0.745. The number of ether oxygens (including phenoxy) is 2. The minimum atomic E-state index is -4.34. The number of benzene rings is 1. The molecule has 0 aliphatic carbocycles. The van der Waals surface area contributed by atoms with Crippen LogP contribution in [0.15, 0.2) is 46.6 Å². The number of pyridine rings is 1. The number of rotatable bonds is 11. The lowest BCUT2D eigenvalue weighted by molar-refractivity contribution is -0.176. The molecule has 1 N–H and O–H groups in total. The predicted octanol–water partition coefficient (Wildman–Crippen LogP) is 3.93. The summed E-state index contributed by atoms with van der Waals surface area (Å²) in [6, 6.07) is 8.85. The number of H-pyrrole nitrogens is 1. The average molecular weight is 490 g/mol. The Balaban J connectivity index is 1.52. The van der Waals surface area contributed by atoms with Gasteiger partial charge in [-0.05, 0) is 30.7 Å². The molecule has 32 heavy (non-hydrogen) atoms. The van der Waals surface area contributed by atoms with Gasteiger partial charge in [0.25, 0.3) is 0 Å². The van der Waals surface area contributed by atoms with Crippen LogP contribution >= 0.6 is 11.8 Å². The van der Waals surface area contributed by atoms with Crippen molar-refractivity contribution in [3.05, 3.63) is 47.8 Å². The molecule has 3 aromatic rings. The number of hydrogen-bond acceptors (Lipinski definition) is 7. The van der Waals surface area contributed by atoms with E-state index in [0.29, 0.717) is 29.1 Å². The molecule has 2 aromatic heterocycles. The molecule has 0 amide bonds. The van der Waals surface area contributed by atoms with Gasteiger partial charge in [0.1, 0.15) is 12.4 Å². The molecule has 0 bridgehead atoms. The fourth-order valence-electron chi connectivity index (χ4n) is 2.80. The molecule has 0 saturated heterocycles. The highest BCUT2D eigenvalue weighted by Gasteiger charge is 2.27. The van der Waals surface area contributed by atoms with Crippen LogP contribution in [0.5, 0.6) is 0 Å². The molecule has 0 saturated carbocycles. The van der Waals surface area contributed by atoms with E-state index in [9.17, 15) is 21.6 Å². The number of hydrogen-bond donors (Lipinski definition) is 1. The minimum Gasteiger partial charge on any atom is -0.378 e. The Labute approximate surface area is 187 Å². The Morgan fingerprint density at radius 2 is 1.84 bits per heavy atom. The van der Waals surface area contributed by atoms with Crippen molar-refractivity contribution in [1.82, 2.24) is 15.0 Å². The summed E-state index contributed by atoms with van der Waals surface area (Å²) >= 11 is 1.45. The number of sulfone groups is 1. The van der Waals surface area contributed by atoms with Crippen molar-refractivity contribution in [3.8, 4) is 0 Å². The van der Waals surface area contributed by atoms with Crippen LogP contribution in [0.3, 0.4) is 0 Å². The third-order valence-corrected chi connectivity index (χ3v) is 6.93. The zero-order valence-corrected chi connectivity index (χ0v) is 18.8. The third-order valence-electron chi connectivity index (χ3n) is 4.37. The van der Waals surface area contributed by atoms with Crippen molar-refractivity contribution in [2.24, 2.45) is 0 Å². The second kappa shape index (κ2) is 10.6. The molecule has 7 nitrogen and oxygen atoms in total. The Kier molecular flexibility index (Phi) is 8.15. The van der Waals surface area contributed by atoms with Crippen molar-refractivity contribution in [2.75, 3.05) is 32.2 Å². The summed E-state index contributed by atoms with van der Waals surface area (Å²) in [5.74, 6) is 0.250. The lowest BCUT2D eigenvalue weighted by Gasteiger charge is -2.11. The largest absolute Gasteiger partial charge is 0.411 e. The van der Waals surface area contributed by atoms with E-state index < -0.39 is 22.6 Å².